The van der Waals surface area contributed by atoms with Crippen molar-refractivity contribution in [1.29, 1.82) is 0 Å². The molecule has 3 nitrogen and oxygen atoms in total. The molecule has 0 aliphatic carbocycles. The first kappa shape index (κ1) is 13.6. The van der Waals surface area contributed by atoms with E-state index in [-0.39, 0.29) is 9.88 Å². The molecular formula is C13H10FNO2S2. The van der Waals surface area contributed by atoms with E-state index < -0.39 is 15.8 Å². The van der Waals surface area contributed by atoms with Gasteiger partial charge in [0.25, 0.3) is 10.0 Å². The third-order valence-electron chi connectivity index (χ3n) is 2.39. The summed E-state index contributed by atoms with van der Waals surface area (Å²) >= 11 is 5.00. The molecule has 19 heavy (non-hydrogen) atoms. The van der Waals surface area contributed by atoms with Gasteiger partial charge in [-0.2, -0.15) is 0 Å². The minimum atomic E-state index is -3.70. The number of thiocarbonyl (C=S) groups is 1. The minimum absolute atomic E-state index is 0.0313. The topological polar surface area (TPSA) is 46.2 Å². The highest BCUT2D eigenvalue weighted by Gasteiger charge is 2.15. The Labute approximate surface area is 116 Å². The smallest absolute Gasteiger partial charge is 0.262 e. The van der Waals surface area contributed by atoms with Gasteiger partial charge >= 0.3 is 0 Å². The SMILES string of the molecule is O=S(=O)(NC(=S)c1ccc(F)cc1)c1ccccc1. The van der Waals surface area contributed by atoms with Crippen LogP contribution in [0.1, 0.15) is 5.56 Å². The average Bonchev–Trinajstić information content (AvgIpc) is 2.40. The molecule has 0 spiro atoms. The summed E-state index contributed by atoms with van der Waals surface area (Å²) in [7, 11) is -3.70. The normalized spacial score (nSPS) is 11.0. The molecule has 0 saturated carbocycles. The van der Waals surface area contributed by atoms with Gasteiger partial charge in [-0.1, -0.05) is 30.4 Å². The Bertz CT molecular complexity index is 682. The predicted octanol–water partition coefficient (Wildman–Crippen LogP) is 2.48. The second-order valence-electron chi connectivity index (χ2n) is 3.75. The fourth-order valence-corrected chi connectivity index (χ4v) is 2.90. The van der Waals surface area contributed by atoms with Crippen LogP contribution in [0.5, 0.6) is 0 Å². The summed E-state index contributed by atoms with van der Waals surface area (Å²) in [6.07, 6.45) is 0. The van der Waals surface area contributed by atoms with Crippen molar-refractivity contribution >= 4 is 27.2 Å². The molecule has 2 rings (SSSR count). The molecule has 0 bridgehead atoms. The Morgan fingerprint density at radius 2 is 1.58 bits per heavy atom. The third-order valence-corrected chi connectivity index (χ3v) is 4.22. The molecule has 98 valence electrons. The van der Waals surface area contributed by atoms with Gasteiger partial charge in [-0.05, 0) is 36.4 Å². The van der Waals surface area contributed by atoms with Crippen LogP contribution >= 0.6 is 12.2 Å². The van der Waals surface area contributed by atoms with E-state index in [4.69, 9.17) is 12.2 Å². The summed E-state index contributed by atoms with van der Waals surface area (Å²) in [6, 6.07) is 13.2. The van der Waals surface area contributed by atoms with Crippen LogP contribution in [0.2, 0.25) is 0 Å². The van der Waals surface area contributed by atoms with Crippen LogP contribution in [-0.4, -0.2) is 13.4 Å². The largest absolute Gasteiger partial charge is 0.269 e. The minimum Gasteiger partial charge on any atom is -0.269 e. The zero-order chi connectivity index (χ0) is 13.9. The fourth-order valence-electron chi connectivity index (χ4n) is 1.44. The van der Waals surface area contributed by atoms with Gasteiger partial charge in [-0.25, -0.2) is 12.8 Å². The number of hydrogen-bond donors (Lipinski definition) is 1. The molecule has 2 aromatic carbocycles. The maximum atomic E-state index is 12.8. The van der Waals surface area contributed by atoms with E-state index in [0.717, 1.165) is 0 Å². The number of nitrogens with one attached hydrogen (secondary N) is 1. The number of benzene rings is 2. The summed E-state index contributed by atoms with van der Waals surface area (Å²) in [5.74, 6) is -0.405. The van der Waals surface area contributed by atoms with Crippen LogP contribution in [0, 0.1) is 5.82 Å². The van der Waals surface area contributed by atoms with Gasteiger partial charge in [0.05, 0.1) is 4.90 Å². The predicted molar refractivity (Wildman–Crippen MR) is 74.9 cm³/mol. The van der Waals surface area contributed by atoms with Crippen LogP contribution in [0.4, 0.5) is 4.39 Å². The Morgan fingerprint density at radius 3 is 2.16 bits per heavy atom. The van der Waals surface area contributed by atoms with E-state index >= 15 is 0 Å². The van der Waals surface area contributed by atoms with Crippen LogP contribution in [0.15, 0.2) is 59.5 Å². The van der Waals surface area contributed by atoms with E-state index in [9.17, 15) is 12.8 Å². The molecule has 0 aliphatic rings. The van der Waals surface area contributed by atoms with Crippen LogP contribution in [0.3, 0.4) is 0 Å². The summed E-state index contributed by atoms with van der Waals surface area (Å²) < 4.78 is 39.1. The number of hydrogen-bond acceptors (Lipinski definition) is 3. The molecule has 0 saturated heterocycles. The van der Waals surface area contributed by atoms with E-state index in [1.807, 2.05) is 0 Å². The molecule has 0 aliphatic heterocycles. The standard InChI is InChI=1S/C13H10FNO2S2/c14-11-8-6-10(7-9-11)13(18)15-19(16,17)12-4-2-1-3-5-12/h1-9H,(H,15,18). The molecule has 0 aromatic heterocycles. The third kappa shape index (κ3) is 3.36. The first-order valence-corrected chi connectivity index (χ1v) is 7.26. The molecule has 0 heterocycles. The zero-order valence-electron chi connectivity index (χ0n) is 9.71. The lowest BCUT2D eigenvalue weighted by molar-refractivity contribution is 0.593. The summed E-state index contributed by atoms with van der Waals surface area (Å²) in [6.45, 7) is 0. The van der Waals surface area contributed by atoms with E-state index in [1.165, 1.54) is 36.4 Å². The Kier molecular flexibility index (Phi) is 3.92. The van der Waals surface area contributed by atoms with Gasteiger partial charge in [0.1, 0.15) is 10.8 Å². The maximum absolute atomic E-state index is 12.8. The number of halogens is 1. The van der Waals surface area contributed by atoms with Crippen molar-refractivity contribution in [3.63, 3.8) is 0 Å². The van der Waals surface area contributed by atoms with Crippen molar-refractivity contribution in [2.45, 2.75) is 4.90 Å². The molecular weight excluding hydrogens is 285 g/mol. The molecule has 1 N–H and O–H groups in total. The van der Waals surface area contributed by atoms with Crippen LogP contribution < -0.4 is 4.72 Å². The molecule has 2 aromatic rings. The Hall–Kier alpha value is -1.79. The lowest BCUT2D eigenvalue weighted by Crippen LogP contribution is -2.29. The zero-order valence-corrected chi connectivity index (χ0v) is 11.3. The quantitative estimate of drug-likeness (QED) is 0.885. The number of rotatable bonds is 3. The number of sulfonamides is 1. The summed E-state index contributed by atoms with van der Waals surface area (Å²) in [4.78, 5) is 0.156. The highest BCUT2D eigenvalue weighted by atomic mass is 32.2. The highest BCUT2D eigenvalue weighted by molar-refractivity contribution is 7.92. The molecule has 0 unspecified atom stereocenters. The van der Waals surface area contributed by atoms with Gasteiger partial charge in [0.2, 0.25) is 0 Å². The van der Waals surface area contributed by atoms with Crippen LogP contribution in [0.25, 0.3) is 0 Å². The van der Waals surface area contributed by atoms with E-state index in [2.05, 4.69) is 4.72 Å². The monoisotopic (exact) mass is 295 g/mol. The lowest BCUT2D eigenvalue weighted by Gasteiger charge is -2.09. The first-order valence-electron chi connectivity index (χ1n) is 5.37. The second-order valence-corrected chi connectivity index (χ2v) is 5.85. The van der Waals surface area contributed by atoms with Crippen molar-refractivity contribution in [3.8, 4) is 0 Å². The summed E-state index contributed by atoms with van der Waals surface area (Å²) in [5.41, 5.74) is 0.441. The van der Waals surface area contributed by atoms with Crippen molar-refractivity contribution < 1.29 is 12.8 Å². The van der Waals surface area contributed by atoms with Gasteiger partial charge in [-0.3, -0.25) is 4.72 Å². The van der Waals surface area contributed by atoms with Crippen molar-refractivity contribution in [3.05, 3.63) is 66.0 Å². The summed E-state index contributed by atoms with van der Waals surface area (Å²) in [5, 5.41) is 0. The molecule has 0 atom stereocenters. The van der Waals surface area contributed by atoms with Gasteiger partial charge < -0.3 is 0 Å². The fraction of sp³-hybridized carbons (Fsp3) is 0. The first-order chi connectivity index (χ1) is 8.99. The Balaban J connectivity index is 2.22. The van der Waals surface area contributed by atoms with Crippen molar-refractivity contribution in [2.75, 3.05) is 0 Å². The molecule has 6 heteroatoms. The highest BCUT2D eigenvalue weighted by Crippen LogP contribution is 2.10. The van der Waals surface area contributed by atoms with Crippen LogP contribution in [-0.2, 0) is 10.0 Å². The van der Waals surface area contributed by atoms with Crippen molar-refractivity contribution in [2.24, 2.45) is 0 Å². The van der Waals surface area contributed by atoms with Gasteiger partial charge in [0, 0.05) is 5.56 Å². The lowest BCUT2D eigenvalue weighted by atomic mass is 10.2. The molecule has 0 radical (unpaired) electrons. The molecule has 0 fully saturated rings. The Morgan fingerprint density at radius 1 is 1.00 bits per heavy atom. The van der Waals surface area contributed by atoms with Gasteiger partial charge in [-0.15, -0.1) is 0 Å². The van der Waals surface area contributed by atoms with E-state index in [1.54, 1.807) is 18.2 Å². The van der Waals surface area contributed by atoms with E-state index in [0.29, 0.717) is 5.56 Å². The second kappa shape index (κ2) is 5.46. The van der Waals surface area contributed by atoms with Gasteiger partial charge in [0.15, 0.2) is 0 Å². The average molecular weight is 295 g/mol. The molecule has 0 amide bonds. The maximum Gasteiger partial charge on any atom is 0.262 e. The van der Waals surface area contributed by atoms with Crippen molar-refractivity contribution in [1.82, 2.24) is 4.72 Å².